The molecule has 0 amide bonds. The fraction of sp³-hybridized carbons (Fsp3) is 0.0667. The summed E-state index contributed by atoms with van der Waals surface area (Å²) in [5.41, 5.74) is 3.64. The SMILES string of the molecule is Cc1cc2n[nH]c(=O)n2c2cc(-c3ccsc3)c(O)cc12. The molecule has 0 aliphatic rings. The van der Waals surface area contributed by atoms with Crippen LogP contribution in [0, 0.1) is 6.92 Å². The van der Waals surface area contributed by atoms with E-state index >= 15 is 0 Å². The normalized spacial score (nSPS) is 11.5. The van der Waals surface area contributed by atoms with Gasteiger partial charge in [-0.15, -0.1) is 0 Å². The van der Waals surface area contributed by atoms with Crippen molar-refractivity contribution in [3.05, 3.63) is 51.1 Å². The van der Waals surface area contributed by atoms with Crippen molar-refractivity contribution in [1.82, 2.24) is 14.6 Å². The number of aromatic hydroxyl groups is 1. The second kappa shape index (κ2) is 4.20. The van der Waals surface area contributed by atoms with E-state index in [2.05, 4.69) is 10.2 Å². The number of aromatic nitrogens is 3. The van der Waals surface area contributed by atoms with Crippen LogP contribution in [-0.4, -0.2) is 19.7 Å². The van der Waals surface area contributed by atoms with E-state index in [4.69, 9.17) is 0 Å². The van der Waals surface area contributed by atoms with Crippen LogP contribution in [0.15, 0.2) is 39.8 Å². The Balaban J connectivity index is 2.21. The molecule has 5 nitrogen and oxygen atoms in total. The summed E-state index contributed by atoms with van der Waals surface area (Å²) in [5.74, 6) is 0.208. The third kappa shape index (κ3) is 1.69. The Kier molecular flexibility index (Phi) is 2.43. The average Bonchev–Trinajstić information content (AvgIpc) is 3.09. The molecule has 21 heavy (non-hydrogen) atoms. The lowest BCUT2D eigenvalue weighted by atomic mass is 10.0. The third-order valence-electron chi connectivity index (χ3n) is 3.66. The quantitative estimate of drug-likeness (QED) is 0.567. The predicted octanol–water partition coefficient (Wildman–Crippen LogP) is 2.92. The van der Waals surface area contributed by atoms with Gasteiger partial charge in [-0.2, -0.15) is 16.4 Å². The maximum absolute atomic E-state index is 12.0. The second-order valence-electron chi connectivity index (χ2n) is 4.95. The molecule has 4 rings (SSSR count). The van der Waals surface area contributed by atoms with Crippen LogP contribution in [0.4, 0.5) is 0 Å². The molecule has 3 heterocycles. The van der Waals surface area contributed by atoms with Gasteiger partial charge < -0.3 is 5.11 Å². The number of rotatable bonds is 1. The minimum absolute atomic E-state index is 0.208. The van der Waals surface area contributed by atoms with Crippen LogP contribution in [0.2, 0.25) is 0 Å². The van der Waals surface area contributed by atoms with Crippen molar-refractivity contribution in [3.8, 4) is 16.9 Å². The fourth-order valence-electron chi connectivity index (χ4n) is 2.64. The molecule has 0 unspecified atom stereocenters. The monoisotopic (exact) mass is 297 g/mol. The molecule has 0 saturated carbocycles. The lowest BCUT2D eigenvalue weighted by molar-refractivity contribution is 0.478. The molecular formula is C15H11N3O2S. The number of pyridine rings is 1. The summed E-state index contributed by atoms with van der Waals surface area (Å²) >= 11 is 1.56. The molecule has 0 saturated heterocycles. The standard InChI is InChI=1S/C15H11N3O2S/c1-8-4-14-16-17-15(20)18(14)12-5-11(9-2-3-21-7-9)13(19)6-10(8)12/h2-7,19H,1H3,(H,17,20). The fourth-order valence-corrected chi connectivity index (χ4v) is 3.29. The Morgan fingerprint density at radius 1 is 1.33 bits per heavy atom. The number of nitrogens with zero attached hydrogens (tertiary/aromatic N) is 2. The Bertz CT molecular complexity index is 1030. The number of hydrogen-bond donors (Lipinski definition) is 2. The first kappa shape index (κ1) is 12.2. The Morgan fingerprint density at radius 3 is 2.95 bits per heavy atom. The average molecular weight is 297 g/mol. The van der Waals surface area contributed by atoms with Crippen LogP contribution in [0.3, 0.4) is 0 Å². The largest absolute Gasteiger partial charge is 0.507 e. The number of nitrogens with one attached hydrogen (secondary N) is 1. The molecule has 6 heteroatoms. The van der Waals surface area contributed by atoms with Gasteiger partial charge in [0.1, 0.15) is 5.75 Å². The van der Waals surface area contributed by atoms with Gasteiger partial charge in [0.05, 0.1) is 5.52 Å². The maximum atomic E-state index is 12.0. The summed E-state index contributed by atoms with van der Waals surface area (Å²) in [6, 6.07) is 7.31. The number of fused-ring (bicyclic) bond motifs is 3. The van der Waals surface area contributed by atoms with E-state index in [9.17, 15) is 9.90 Å². The molecule has 0 spiro atoms. The van der Waals surface area contributed by atoms with Crippen molar-refractivity contribution < 1.29 is 5.11 Å². The number of phenolic OH excluding ortho intramolecular Hbond substituents is 1. The van der Waals surface area contributed by atoms with E-state index in [1.165, 1.54) is 4.40 Å². The summed E-state index contributed by atoms with van der Waals surface area (Å²) in [6.07, 6.45) is 0. The molecule has 4 aromatic rings. The van der Waals surface area contributed by atoms with Crippen molar-refractivity contribution >= 4 is 27.9 Å². The molecule has 0 radical (unpaired) electrons. The van der Waals surface area contributed by atoms with Crippen molar-refractivity contribution in [3.63, 3.8) is 0 Å². The van der Waals surface area contributed by atoms with Gasteiger partial charge in [-0.25, -0.2) is 14.3 Å². The molecule has 104 valence electrons. The summed E-state index contributed by atoms with van der Waals surface area (Å²) in [6.45, 7) is 1.94. The van der Waals surface area contributed by atoms with Crippen molar-refractivity contribution in [1.29, 1.82) is 0 Å². The minimum Gasteiger partial charge on any atom is -0.507 e. The van der Waals surface area contributed by atoms with Crippen LogP contribution in [0.5, 0.6) is 5.75 Å². The number of phenols is 1. The van der Waals surface area contributed by atoms with Crippen molar-refractivity contribution in [2.24, 2.45) is 0 Å². The summed E-state index contributed by atoms with van der Waals surface area (Å²) < 4.78 is 1.53. The van der Waals surface area contributed by atoms with Gasteiger partial charge in [0.25, 0.3) is 0 Å². The molecule has 0 bridgehead atoms. The molecule has 0 atom stereocenters. The van der Waals surface area contributed by atoms with Gasteiger partial charge in [-0.1, -0.05) is 0 Å². The van der Waals surface area contributed by atoms with E-state index in [0.717, 1.165) is 22.0 Å². The first-order valence-corrected chi connectivity index (χ1v) is 7.35. The van der Waals surface area contributed by atoms with Crippen LogP contribution in [-0.2, 0) is 0 Å². The summed E-state index contributed by atoms with van der Waals surface area (Å²) in [7, 11) is 0. The zero-order valence-corrected chi connectivity index (χ0v) is 11.9. The first-order chi connectivity index (χ1) is 10.1. The lowest BCUT2D eigenvalue weighted by Crippen LogP contribution is -2.10. The van der Waals surface area contributed by atoms with Crippen LogP contribution < -0.4 is 5.69 Å². The van der Waals surface area contributed by atoms with E-state index < -0.39 is 0 Å². The molecule has 0 aliphatic heterocycles. The molecule has 2 N–H and O–H groups in total. The topological polar surface area (TPSA) is 70.4 Å². The third-order valence-corrected chi connectivity index (χ3v) is 4.34. The number of aromatic amines is 1. The number of H-pyrrole nitrogens is 1. The van der Waals surface area contributed by atoms with Gasteiger partial charge in [0.2, 0.25) is 0 Å². The first-order valence-electron chi connectivity index (χ1n) is 6.41. The highest BCUT2D eigenvalue weighted by molar-refractivity contribution is 7.08. The molecule has 0 aliphatic carbocycles. The van der Waals surface area contributed by atoms with Gasteiger partial charge in [0, 0.05) is 10.9 Å². The minimum atomic E-state index is -0.281. The molecular weight excluding hydrogens is 286 g/mol. The smallest absolute Gasteiger partial charge is 0.348 e. The van der Waals surface area contributed by atoms with Crippen molar-refractivity contribution in [2.45, 2.75) is 6.92 Å². The zero-order chi connectivity index (χ0) is 14.6. The maximum Gasteiger partial charge on any atom is 0.348 e. The van der Waals surface area contributed by atoms with Crippen LogP contribution in [0.1, 0.15) is 5.56 Å². The number of benzene rings is 1. The Hall–Kier alpha value is -2.60. The highest BCUT2D eigenvalue weighted by Gasteiger charge is 2.13. The highest BCUT2D eigenvalue weighted by Crippen LogP contribution is 2.35. The van der Waals surface area contributed by atoms with Gasteiger partial charge >= 0.3 is 5.69 Å². The van der Waals surface area contributed by atoms with E-state index in [1.807, 2.05) is 35.9 Å². The molecule has 3 aromatic heterocycles. The highest BCUT2D eigenvalue weighted by atomic mass is 32.1. The van der Waals surface area contributed by atoms with E-state index in [-0.39, 0.29) is 11.4 Å². The van der Waals surface area contributed by atoms with Gasteiger partial charge in [-0.3, -0.25) is 0 Å². The zero-order valence-electron chi connectivity index (χ0n) is 11.1. The summed E-state index contributed by atoms with van der Waals surface area (Å²) in [4.78, 5) is 12.0. The van der Waals surface area contributed by atoms with Crippen molar-refractivity contribution in [2.75, 3.05) is 0 Å². The number of thiophene rings is 1. The van der Waals surface area contributed by atoms with Gasteiger partial charge in [0.15, 0.2) is 5.65 Å². The van der Waals surface area contributed by atoms with E-state index in [0.29, 0.717) is 11.2 Å². The molecule has 1 aromatic carbocycles. The van der Waals surface area contributed by atoms with E-state index in [1.54, 1.807) is 17.4 Å². The van der Waals surface area contributed by atoms with Crippen LogP contribution in [0.25, 0.3) is 27.7 Å². The molecule has 0 fully saturated rings. The Morgan fingerprint density at radius 2 is 2.19 bits per heavy atom. The Labute approximate surface area is 123 Å². The second-order valence-corrected chi connectivity index (χ2v) is 5.73. The van der Waals surface area contributed by atoms with Gasteiger partial charge in [-0.05, 0) is 53.1 Å². The number of aryl methyl sites for hydroxylation is 1. The predicted molar refractivity (Wildman–Crippen MR) is 83.0 cm³/mol. The number of hydrogen-bond acceptors (Lipinski definition) is 4. The lowest BCUT2D eigenvalue weighted by Gasteiger charge is -2.09. The summed E-state index contributed by atoms with van der Waals surface area (Å²) in [5, 5.41) is 21.5. The van der Waals surface area contributed by atoms with Crippen LogP contribution >= 0.6 is 11.3 Å².